The summed E-state index contributed by atoms with van der Waals surface area (Å²) >= 11 is 0. The van der Waals surface area contributed by atoms with Crippen molar-refractivity contribution in [2.75, 3.05) is 0 Å². The smallest absolute Gasteiger partial charge is 0.338 e. The summed E-state index contributed by atoms with van der Waals surface area (Å²) in [5, 5.41) is 0. The Bertz CT molecular complexity index is 1210. The van der Waals surface area contributed by atoms with Crippen LogP contribution in [0.15, 0.2) is 59.7 Å². The maximum Gasteiger partial charge on any atom is 0.338 e. The Balaban J connectivity index is 1.30. The molecule has 0 aromatic heterocycles. The summed E-state index contributed by atoms with van der Waals surface area (Å²) in [5.74, 6) is 6.44. The number of terminal acetylenes is 1. The van der Waals surface area contributed by atoms with E-state index in [4.69, 9.17) is 11.2 Å². The highest BCUT2D eigenvalue weighted by atomic mass is 16.5. The molecule has 5 rings (SSSR count). The van der Waals surface area contributed by atoms with Gasteiger partial charge in [0.2, 0.25) is 0 Å². The second kappa shape index (κ2) is 10.8. The lowest BCUT2D eigenvalue weighted by atomic mass is 9.50. The molecule has 1 aromatic carbocycles. The molecule has 0 heterocycles. The van der Waals surface area contributed by atoms with Gasteiger partial charge in [0, 0.05) is 12.0 Å². The maximum absolute atomic E-state index is 12.8. The predicted molar refractivity (Wildman–Crippen MR) is 161 cm³/mol. The lowest BCUT2D eigenvalue weighted by Crippen LogP contribution is -2.46. The first-order valence-corrected chi connectivity index (χ1v) is 15.4. The van der Waals surface area contributed by atoms with Crippen molar-refractivity contribution in [2.24, 2.45) is 46.3 Å². The average molecular weight is 525 g/mol. The molecule has 0 bridgehead atoms. The van der Waals surface area contributed by atoms with Crippen molar-refractivity contribution >= 4 is 5.97 Å². The molecule has 0 unspecified atom stereocenters. The maximum atomic E-state index is 12.8. The van der Waals surface area contributed by atoms with Gasteiger partial charge in [0.15, 0.2) is 0 Å². The highest BCUT2D eigenvalue weighted by Gasteiger charge is 2.57. The van der Waals surface area contributed by atoms with E-state index >= 15 is 0 Å². The van der Waals surface area contributed by atoms with Crippen LogP contribution in [0.4, 0.5) is 0 Å². The fourth-order valence-corrected chi connectivity index (χ4v) is 8.60. The quantitative estimate of drug-likeness (QED) is 0.211. The largest absolute Gasteiger partial charge is 0.458 e. The van der Waals surface area contributed by atoms with Gasteiger partial charge in [0.25, 0.3) is 0 Å². The molecule has 0 saturated heterocycles. The van der Waals surface area contributed by atoms with Gasteiger partial charge in [0.05, 0.1) is 5.56 Å². The molecule has 3 saturated carbocycles. The van der Waals surface area contributed by atoms with Crippen molar-refractivity contribution in [1.29, 1.82) is 0 Å². The minimum atomic E-state index is -0.240. The Hall–Kier alpha value is -2.53. The van der Waals surface area contributed by atoms with Crippen molar-refractivity contribution < 1.29 is 9.53 Å². The number of rotatable bonds is 6. The molecule has 0 aliphatic heterocycles. The third-order valence-electron chi connectivity index (χ3n) is 11.6. The molecule has 8 atom stereocenters. The third-order valence-corrected chi connectivity index (χ3v) is 11.6. The first-order valence-electron chi connectivity index (χ1n) is 15.4. The van der Waals surface area contributed by atoms with E-state index in [1.54, 1.807) is 29.8 Å². The van der Waals surface area contributed by atoms with Gasteiger partial charge in [-0.15, -0.1) is 6.42 Å². The summed E-state index contributed by atoms with van der Waals surface area (Å²) in [6, 6.07) is 7.15. The van der Waals surface area contributed by atoms with Crippen LogP contribution < -0.4 is 0 Å². The van der Waals surface area contributed by atoms with Gasteiger partial charge in [-0.05, 0) is 109 Å². The molecule has 208 valence electrons. The van der Waals surface area contributed by atoms with Crippen LogP contribution in [0.25, 0.3) is 0 Å². The van der Waals surface area contributed by atoms with Crippen LogP contribution in [0.1, 0.15) is 102 Å². The summed E-state index contributed by atoms with van der Waals surface area (Å²) in [6.07, 6.45) is 23.5. The van der Waals surface area contributed by atoms with Gasteiger partial charge in [0.1, 0.15) is 6.10 Å². The molecule has 4 aliphatic rings. The molecule has 0 amide bonds. The molecule has 0 N–H and O–H groups in total. The van der Waals surface area contributed by atoms with Crippen LogP contribution in [-0.2, 0) is 4.74 Å². The molecule has 39 heavy (non-hydrogen) atoms. The predicted octanol–water partition coefficient (Wildman–Crippen LogP) is 9.18. The van der Waals surface area contributed by atoms with Gasteiger partial charge >= 0.3 is 5.97 Å². The zero-order valence-corrected chi connectivity index (χ0v) is 25.0. The Morgan fingerprint density at radius 3 is 2.41 bits per heavy atom. The van der Waals surface area contributed by atoms with Crippen LogP contribution in [0, 0.1) is 58.7 Å². The number of hydrogen-bond donors (Lipinski definition) is 0. The number of fused-ring (bicyclic) bond motifs is 5. The average Bonchev–Trinajstić information content (AvgIpc) is 3.29. The second-order valence-electron chi connectivity index (χ2n) is 13.9. The third kappa shape index (κ3) is 5.08. The molecule has 2 heteroatoms. The van der Waals surface area contributed by atoms with Gasteiger partial charge in [-0.3, -0.25) is 0 Å². The van der Waals surface area contributed by atoms with E-state index in [0.717, 1.165) is 30.7 Å². The molecular weight excluding hydrogens is 476 g/mol. The number of carbonyl (C=O) groups excluding carboxylic acids is 1. The van der Waals surface area contributed by atoms with Crippen LogP contribution in [-0.4, -0.2) is 12.1 Å². The van der Waals surface area contributed by atoms with Gasteiger partial charge in [-0.25, -0.2) is 4.79 Å². The van der Waals surface area contributed by atoms with E-state index in [2.05, 4.69) is 71.8 Å². The zero-order valence-electron chi connectivity index (χ0n) is 25.0. The van der Waals surface area contributed by atoms with E-state index in [1.165, 1.54) is 31.3 Å². The summed E-state index contributed by atoms with van der Waals surface area (Å²) in [5.41, 5.74) is 5.16. The van der Waals surface area contributed by atoms with Crippen molar-refractivity contribution in [1.82, 2.24) is 0 Å². The van der Waals surface area contributed by atoms with Gasteiger partial charge < -0.3 is 4.74 Å². The molecule has 3 fully saturated rings. The van der Waals surface area contributed by atoms with Crippen molar-refractivity contribution in [3.63, 3.8) is 0 Å². The standard InChI is InChI=1S/C37H48O2/c1-8-27-11-13-28(14-12-27)35(38)39-30-19-21-36(6)29(23-30)15-16-31-33-18-17-32(37(33,7)22-20-34(31)36)26(5)10-9-25(4)24(2)3/h1,9-16,24-26,30,32-34H,17-23H2,2-7H3/b10-9+/t25-,26+,30-,32+,33-,34-,36-,37+/m0/s1. The molecule has 2 nitrogen and oxygen atoms in total. The van der Waals surface area contributed by atoms with E-state index in [1.807, 2.05) is 0 Å². The Labute approximate surface area is 237 Å². The van der Waals surface area contributed by atoms with Crippen LogP contribution in [0.2, 0.25) is 0 Å². The van der Waals surface area contributed by atoms with Crippen molar-refractivity contribution in [2.45, 2.75) is 92.6 Å². The highest BCUT2D eigenvalue weighted by Crippen LogP contribution is 2.66. The Morgan fingerprint density at radius 2 is 1.72 bits per heavy atom. The summed E-state index contributed by atoms with van der Waals surface area (Å²) in [7, 11) is 0. The minimum absolute atomic E-state index is 0.0512. The number of esters is 1. The summed E-state index contributed by atoms with van der Waals surface area (Å²) in [6.45, 7) is 14.6. The summed E-state index contributed by atoms with van der Waals surface area (Å²) < 4.78 is 6.00. The van der Waals surface area contributed by atoms with Crippen LogP contribution >= 0.6 is 0 Å². The number of benzene rings is 1. The van der Waals surface area contributed by atoms with Crippen molar-refractivity contribution in [3.05, 3.63) is 70.8 Å². The monoisotopic (exact) mass is 524 g/mol. The second-order valence-corrected chi connectivity index (χ2v) is 13.9. The molecule has 1 aromatic rings. The minimum Gasteiger partial charge on any atom is -0.458 e. The summed E-state index contributed by atoms with van der Waals surface area (Å²) in [4.78, 5) is 12.8. The number of hydrogen-bond acceptors (Lipinski definition) is 2. The normalized spacial score (nSPS) is 35.2. The first-order chi connectivity index (χ1) is 18.6. The molecular formula is C37H48O2. The van der Waals surface area contributed by atoms with Gasteiger partial charge in [-0.2, -0.15) is 0 Å². The lowest BCUT2D eigenvalue weighted by Gasteiger charge is -2.55. The highest BCUT2D eigenvalue weighted by molar-refractivity contribution is 5.89. The van der Waals surface area contributed by atoms with E-state index in [9.17, 15) is 4.79 Å². The number of allylic oxidation sites excluding steroid dienone is 5. The lowest BCUT2D eigenvalue weighted by molar-refractivity contribution is 0.00691. The number of carbonyl (C=O) groups is 1. The van der Waals surface area contributed by atoms with Crippen LogP contribution in [0.3, 0.4) is 0 Å². The fraction of sp³-hybridized carbons (Fsp3) is 0.595. The van der Waals surface area contributed by atoms with E-state index < -0.39 is 0 Å². The van der Waals surface area contributed by atoms with E-state index in [-0.39, 0.29) is 17.5 Å². The Kier molecular flexibility index (Phi) is 7.76. The zero-order chi connectivity index (χ0) is 27.9. The van der Waals surface area contributed by atoms with Gasteiger partial charge in [-0.1, -0.05) is 82.9 Å². The molecule has 4 aliphatic carbocycles. The molecule has 0 spiro atoms. The SMILES string of the molecule is C#Cc1ccc(C(=O)O[C@H]2CC[C@@]3(C)C(=CC=C4[C@@H]5CC[C@H]([C@H](C)/C=C/[C@H](C)C(C)C)[C@@]5(C)CC[C@@H]43)C2)cc1. The fourth-order valence-electron chi connectivity index (χ4n) is 8.60. The van der Waals surface area contributed by atoms with Crippen LogP contribution in [0.5, 0.6) is 0 Å². The van der Waals surface area contributed by atoms with Crippen molar-refractivity contribution in [3.8, 4) is 12.3 Å². The first kappa shape index (κ1) is 28.0. The topological polar surface area (TPSA) is 26.3 Å². The number of ether oxygens (including phenoxy) is 1. The Morgan fingerprint density at radius 1 is 0.974 bits per heavy atom. The molecule has 0 radical (unpaired) electrons. The van der Waals surface area contributed by atoms with E-state index in [0.29, 0.717) is 40.6 Å².